The summed E-state index contributed by atoms with van der Waals surface area (Å²) < 4.78 is 1.52. The fraction of sp³-hybridized carbons (Fsp3) is 0.0455. The first-order valence-electron chi connectivity index (χ1n) is 8.97. The van der Waals surface area contributed by atoms with Gasteiger partial charge in [0.2, 0.25) is 5.91 Å². The minimum absolute atomic E-state index is 0.0573. The summed E-state index contributed by atoms with van der Waals surface area (Å²) in [5.74, 6) is -0.206. The van der Waals surface area contributed by atoms with Crippen molar-refractivity contribution in [1.29, 1.82) is 0 Å². The number of hydrogen-bond donors (Lipinski definition) is 1. The standard InChI is InChI=1S/C22H15Cl2N3O2S/c23-14-10-15(24)12-16(11-14)25-20(28)13-30-22-26-19-9-5-4-8-18(19)21(29)27(22)17-6-2-1-3-7-17/h1-12H,13H2,(H,25,28). The van der Waals surface area contributed by atoms with Gasteiger partial charge in [-0.1, -0.05) is 65.3 Å². The van der Waals surface area contributed by atoms with Crippen LogP contribution in [0.25, 0.3) is 16.6 Å². The second-order valence-corrected chi connectivity index (χ2v) is 8.20. The molecule has 0 bridgehead atoms. The molecule has 30 heavy (non-hydrogen) atoms. The topological polar surface area (TPSA) is 64.0 Å². The second kappa shape index (κ2) is 8.92. The molecule has 0 fully saturated rings. The van der Waals surface area contributed by atoms with Crippen molar-refractivity contribution in [3.63, 3.8) is 0 Å². The van der Waals surface area contributed by atoms with Crippen molar-refractivity contribution in [3.05, 3.63) is 93.2 Å². The summed E-state index contributed by atoms with van der Waals surface area (Å²) in [6, 6.07) is 21.2. The van der Waals surface area contributed by atoms with Crippen LogP contribution in [0, 0.1) is 0 Å². The normalized spacial score (nSPS) is 10.9. The molecule has 150 valence electrons. The van der Waals surface area contributed by atoms with Gasteiger partial charge < -0.3 is 5.32 Å². The zero-order chi connectivity index (χ0) is 21.1. The molecule has 0 radical (unpaired) electrons. The van der Waals surface area contributed by atoms with Gasteiger partial charge in [0.25, 0.3) is 5.56 Å². The van der Waals surface area contributed by atoms with Crippen molar-refractivity contribution in [3.8, 4) is 5.69 Å². The summed E-state index contributed by atoms with van der Waals surface area (Å²) >= 11 is 13.1. The largest absolute Gasteiger partial charge is 0.325 e. The van der Waals surface area contributed by atoms with Crippen LogP contribution >= 0.6 is 35.0 Å². The molecule has 0 atom stereocenters. The van der Waals surface area contributed by atoms with E-state index in [0.29, 0.717) is 37.5 Å². The predicted octanol–water partition coefficient (Wildman–Crippen LogP) is 5.42. The Bertz CT molecular complexity index is 1270. The molecule has 3 aromatic carbocycles. The van der Waals surface area contributed by atoms with E-state index in [1.807, 2.05) is 36.4 Å². The lowest BCUT2D eigenvalue weighted by Gasteiger charge is -2.13. The number of halogens is 2. The lowest BCUT2D eigenvalue weighted by Crippen LogP contribution is -2.22. The Labute approximate surface area is 186 Å². The smallest absolute Gasteiger partial charge is 0.266 e. The molecule has 5 nitrogen and oxygen atoms in total. The summed E-state index contributed by atoms with van der Waals surface area (Å²) in [5.41, 5.74) is 1.59. The Morgan fingerprint density at radius 3 is 2.37 bits per heavy atom. The van der Waals surface area contributed by atoms with Gasteiger partial charge in [-0.3, -0.25) is 14.2 Å². The number of hydrogen-bond acceptors (Lipinski definition) is 4. The molecular formula is C22H15Cl2N3O2S. The molecule has 0 unspecified atom stereocenters. The minimum atomic E-state index is -0.264. The summed E-state index contributed by atoms with van der Waals surface area (Å²) in [7, 11) is 0. The van der Waals surface area contributed by atoms with E-state index >= 15 is 0 Å². The molecule has 0 aliphatic rings. The zero-order valence-electron chi connectivity index (χ0n) is 15.5. The first-order valence-corrected chi connectivity index (χ1v) is 10.7. The van der Waals surface area contributed by atoms with Crippen molar-refractivity contribution in [2.24, 2.45) is 0 Å². The van der Waals surface area contributed by atoms with Gasteiger partial charge >= 0.3 is 0 Å². The Hall–Kier alpha value is -2.80. The van der Waals surface area contributed by atoms with E-state index in [4.69, 9.17) is 23.2 Å². The first kappa shape index (κ1) is 20.5. The van der Waals surface area contributed by atoms with Crippen molar-refractivity contribution in [2.75, 3.05) is 11.1 Å². The average molecular weight is 456 g/mol. The fourth-order valence-electron chi connectivity index (χ4n) is 2.97. The molecule has 0 aliphatic carbocycles. The lowest BCUT2D eigenvalue weighted by molar-refractivity contribution is -0.113. The number of amides is 1. The highest BCUT2D eigenvalue weighted by atomic mass is 35.5. The summed E-state index contributed by atoms with van der Waals surface area (Å²) in [5, 5.41) is 4.57. The molecule has 1 N–H and O–H groups in total. The Balaban J connectivity index is 1.65. The highest BCUT2D eigenvalue weighted by Crippen LogP contribution is 2.24. The fourth-order valence-corrected chi connectivity index (χ4v) is 4.31. The number of anilines is 1. The van der Waals surface area contributed by atoms with Crippen molar-refractivity contribution >= 4 is 57.5 Å². The van der Waals surface area contributed by atoms with E-state index in [0.717, 1.165) is 0 Å². The molecule has 1 heterocycles. The van der Waals surface area contributed by atoms with Gasteiger partial charge in [0, 0.05) is 15.7 Å². The summed E-state index contributed by atoms with van der Waals surface area (Å²) in [6.07, 6.45) is 0. The van der Waals surface area contributed by atoms with E-state index < -0.39 is 0 Å². The van der Waals surface area contributed by atoms with Crippen LogP contribution in [0.5, 0.6) is 0 Å². The summed E-state index contributed by atoms with van der Waals surface area (Å²) in [6.45, 7) is 0. The van der Waals surface area contributed by atoms with Crippen LogP contribution in [0.3, 0.4) is 0 Å². The van der Waals surface area contributed by atoms with Gasteiger partial charge in [0.15, 0.2) is 5.16 Å². The molecular weight excluding hydrogens is 441 g/mol. The molecule has 1 aromatic heterocycles. The Morgan fingerprint density at radius 2 is 1.63 bits per heavy atom. The number of fused-ring (bicyclic) bond motifs is 1. The van der Waals surface area contributed by atoms with E-state index in [-0.39, 0.29) is 17.2 Å². The number of thioether (sulfide) groups is 1. The molecule has 8 heteroatoms. The number of nitrogens with zero attached hydrogens (tertiary/aromatic N) is 2. The van der Waals surface area contributed by atoms with Gasteiger partial charge in [-0.15, -0.1) is 0 Å². The zero-order valence-corrected chi connectivity index (χ0v) is 17.8. The highest BCUT2D eigenvalue weighted by Gasteiger charge is 2.15. The van der Waals surface area contributed by atoms with Crippen molar-refractivity contribution in [2.45, 2.75) is 5.16 Å². The third-order valence-electron chi connectivity index (χ3n) is 4.24. The van der Waals surface area contributed by atoms with Crippen molar-refractivity contribution in [1.82, 2.24) is 9.55 Å². The molecule has 4 aromatic rings. The van der Waals surface area contributed by atoms with E-state index in [1.165, 1.54) is 16.3 Å². The lowest BCUT2D eigenvalue weighted by atomic mass is 10.2. The maximum absolute atomic E-state index is 13.1. The number of nitrogens with one attached hydrogen (secondary N) is 1. The van der Waals surface area contributed by atoms with Crippen LogP contribution in [0.1, 0.15) is 0 Å². The van der Waals surface area contributed by atoms with Gasteiger partial charge in [0.05, 0.1) is 22.3 Å². The highest BCUT2D eigenvalue weighted by molar-refractivity contribution is 7.99. The molecule has 4 rings (SSSR count). The van der Waals surface area contributed by atoms with Crippen LogP contribution in [0.15, 0.2) is 82.7 Å². The van der Waals surface area contributed by atoms with Gasteiger partial charge in [-0.05, 0) is 42.5 Å². The number of aromatic nitrogens is 2. The molecule has 0 saturated carbocycles. The minimum Gasteiger partial charge on any atom is -0.325 e. The number of carbonyl (C=O) groups is 1. The third-order valence-corrected chi connectivity index (χ3v) is 5.61. The third kappa shape index (κ3) is 4.51. The van der Waals surface area contributed by atoms with Gasteiger partial charge in [0.1, 0.15) is 0 Å². The van der Waals surface area contributed by atoms with Crippen LogP contribution in [0.2, 0.25) is 10.0 Å². The van der Waals surface area contributed by atoms with Crippen LogP contribution in [-0.4, -0.2) is 21.2 Å². The number of carbonyl (C=O) groups excluding carboxylic acids is 1. The van der Waals surface area contributed by atoms with E-state index in [2.05, 4.69) is 10.3 Å². The SMILES string of the molecule is O=C(CSc1nc2ccccc2c(=O)n1-c1ccccc1)Nc1cc(Cl)cc(Cl)c1. The van der Waals surface area contributed by atoms with E-state index in [1.54, 1.807) is 36.4 Å². The quantitative estimate of drug-likeness (QED) is 0.322. The molecule has 0 spiro atoms. The Kier molecular flexibility index (Phi) is 6.08. The van der Waals surface area contributed by atoms with Gasteiger partial charge in [-0.2, -0.15) is 0 Å². The van der Waals surface area contributed by atoms with E-state index in [9.17, 15) is 9.59 Å². The Morgan fingerprint density at radius 1 is 0.967 bits per heavy atom. The van der Waals surface area contributed by atoms with Gasteiger partial charge in [-0.25, -0.2) is 4.98 Å². The molecule has 1 amide bonds. The number of benzene rings is 3. The van der Waals surface area contributed by atoms with Crippen LogP contribution in [-0.2, 0) is 4.79 Å². The van der Waals surface area contributed by atoms with Crippen LogP contribution in [0.4, 0.5) is 5.69 Å². The molecule has 0 aliphatic heterocycles. The van der Waals surface area contributed by atoms with Crippen LogP contribution < -0.4 is 10.9 Å². The average Bonchev–Trinajstić information content (AvgIpc) is 2.72. The monoisotopic (exact) mass is 455 g/mol. The number of rotatable bonds is 5. The maximum atomic E-state index is 13.1. The molecule has 0 saturated heterocycles. The van der Waals surface area contributed by atoms with Crippen molar-refractivity contribution < 1.29 is 4.79 Å². The number of para-hydroxylation sites is 2. The first-order chi connectivity index (χ1) is 14.5. The predicted molar refractivity (Wildman–Crippen MR) is 123 cm³/mol. The second-order valence-electron chi connectivity index (χ2n) is 6.38. The maximum Gasteiger partial charge on any atom is 0.266 e. The summed E-state index contributed by atoms with van der Waals surface area (Å²) in [4.78, 5) is 30.2.